The van der Waals surface area contributed by atoms with Crippen molar-refractivity contribution in [2.24, 2.45) is 0 Å². The largest absolute Gasteiger partial charge is 0.398 e. The van der Waals surface area contributed by atoms with Gasteiger partial charge in [-0.25, -0.2) is 0 Å². The van der Waals surface area contributed by atoms with Gasteiger partial charge in [0, 0.05) is 25.3 Å². The van der Waals surface area contributed by atoms with Crippen LogP contribution in [0.3, 0.4) is 0 Å². The minimum atomic E-state index is 0.942. The number of anilines is 1. The fraction of sp³-hybridized carbons (Fsp3) is 0.429. The Morgan fingerprint density at radius 2 is 2.31 bits per heavy atom. The first-order chi connectivity index (χ1) is 7.66. The Labute approximate surface area is 97.8 Å². The van der Waals surface area contributed by atoms with Crippen LogP contribution in [0, 0.1) is 0 Å². The molecule has 0 fully saturated rings. The van der Waals surface area contributed by atoms with Crippen molar-refractivity contribution in [3.8, 4) is 0 Å². The molecule has 0 saturated carbocycles. The molecule has 0 aromatic heterocycles. The minimum absolute atomic E-state index is 0.942. The smallest absolute Gasteiger partial charge is 0.0362 e. The Bertz CT molecular complexity index is 396. The Balaban J connectivity index is 2.05. The molecule has 2 rings (SSSR count). The van der Waals surface area contributed by atoms with Gasteiger partial charge in [0.2, 0.25) is 0 Å². The second kappa shape index (κ2) is 4.71. The lowest BCUT2D eigenvalue weighted by Crippen LogP contribution is -2.32. The molecule has 16 heavy (non-hydrogen) atoms. The summed E-state index contributed by atoms with van der Waals surface area (Å²) in [7, 11) is 0. The lowest BCUT2D eigenvalue weighted by molar-refractivity contribution is 0.258. The zero-order chi connectivity index (χ0) is 11.5. The molecule has 0 aliphatic carbocycles. The van der Waals surface area contributed by atoms with Gasteiger partial charge in [0.15, 0.2) is 0 Å². The van der Waals surface area contributed by atoms with Crippen LogP contribution in [0.2, 0.25) is 0 Å². The molecule has 0 saturated heterocycles. The van der Waals surface area contributed by atoms with Crippen molar-refractivity contribution in [2.75, 3.05) is 18.8 Å². The summed E-state index contributed by atoms with van der Waals surface area (Å²) in [5.41, 5.74) is 11.0. The molecule has 0 unspecified atom stereocenters. The second-order valence-corrected chi connectivity index (χ2v) is 4.72. The van der Waals surface area contributed by atoms with Gasteiger partial charge in [-0.3, -0.25) is 4.90 Å². The maximum Gasteiger partial charge on any atom is 0.0362 e. The highest BCUT2D eigenvalue weighted by Gasteiger charge is 2.17. The number of benzene rings is 1. The van der Waals surface area contributed by atoms with Gasteiger partial charge in [-0.15, -0.1) is 6.58 Å². The van der Waals surface area contributed by atoms with Gasteiger partial charge in [0.1, 0.15) is 0 Å². The first-order valence-electron chi connectivity index (χ1n) is 5.90. The van der Waals surface area contributed by atoms with Crippen LogP contribution < -0.4 is 5.73 Å². The Hall–Kier alpha value is -1.28. The summed E-state index contributed by atoms with van der Waals surface area (Å²) in [4.78, 5) is 2.47. The van der Waals surface area contributed by atoms with Gasteiger partial charge in [0.25, 0.3) is 0 Å². The molecule has 0 amide bonds. The fourth-order valence-corrected chi connectivity index (χ4v) is 2.20. The highest BCUT2D eigenvalue weighted by atomic mass is 15.1. The summed E-state index contributed by atoms with van der Waals surface area (Å²) < 4.78 is 0. The molecule has 1 aliphatic heterocycles. The summed E-state index contributed by atoms with van der Waals surface area (Å²) in [6.45, 7) is 9.28. The Kier molecular flexibility index (Phi) is 3.30. The average molecular weight is 216 g/mol. The molecule has 0 spiro atoms. The molecule has 1 aliphatic rings. The molecule has 1 aromatic rings. The molecule has 2 N–H and O–H groups in total. The van der Waals surface area contributed by atoms with E-state index in [1.54, 1.807) is 0 Å². The van der Waals surface area contributed by atoms with Crippen LogP contribution >= 0.6 is 0 Å². The lowest BCUT2D eigenvalue weighted by atomic mass is 9.98. The number of hydrogen-bond donors (Lipinski definition) is 1. The van der Waals surface area contributed by atoms with Crippen molar-refractivity contribution in [3.63, 3.8) is 0 Å². The van der Waals surface area contributed by atoms with E-state index < -0.39 is 0 Å². The number of nitrogens with two attached hydrogens (primary N) is 1. The van der Waals surface area contributed by atoms with Gasteiger partial charge in [0.05, 0.1) is 0 Å². The zero-order valence-electron chi connectivity index (χ0n) is 10.00. The summed E-state index contributed by atoms with van der Waals surface area (Å²) in [6.07, 6.45) is 2.21. The van der Waals surface area contributed by atoms with Crippen LogP contribution in [0.1, 0.15) is 24.5 Å². The van der Waals surface area contributed by atoms with E-state index in [4.69, 9.17) is 5.73 Å². The second-order valence-electron chi connectivity index (χ2n) is 4.72. The molecule has 0 atom stereocenters. The lowest BCUT2D eigenvalue weighted by Gasteiger charge is -2.29. The van der Waals surface area contributed by atoms with Crippen LogP contribution in [0.25, 0.3) is 0 Å². The molecule has 86 valence electrons. The molecule has 1 heterocycles. The van der Waals surface area contributed by atoms with Gasteiger partial charge in [-0.05, 0) is 37.0 Å². The van der Waals surface area contributed by atoms with E-state index in [0.29, 0.717) is 0 Å². The van der Waals surface area contributed by atoms with E-state index in [0.717, 1.165) is 38.2 Å². The monoisotopic (exact) mass is 216 g/mol. The number of nitrogens with zero attached hydrogens (tertiary/aromatic N) is 1. The van der Waals surface area contributed by atoms with Crippen molar-refractivity contribution < 1.29 is 0 Å². The number of rotatable bonds is 3. The van der Waals surface area contributed by atoms with Crippen LogP contribution in [-0.4, -0.2) is 18.0 Å². The predicted molar refractivity (Wildman–Crippen MR) is 69.3 cm³/mol. The summed E-state index contributed by atoms with van der Waals surface area (Å²) in [6, 6.07) is 6.25. The van der Waals surface area contributed by atoms with E-state index in [9.17, 15) is 0 Å². The molecular weight excluding hydrogens is 196 g/mol. The SMILES string of the molecule is C=C(C)CCN1CCc2cccc(N)c2C1. The maximum absolute atomic E-state index is 6.02. The fourth-order valence-electron chi connectivity index (χ4n) is 2.20. The summed E-state index contributed by atoms with van der Waals surface area (Å²) in [5.74, 6) is 0. The van der Waals surface area contributed by atoms with Gasteiger partial charge in [-0.1, -0.05) is 17.7 Å². The molecule has 0 bridgehead atoms. The van der Waals surface area contributed by atoms with E-state index in [-0.39, 0.29) is 0 Å². The molecule has 2 nitrogen and oxygen atoms in total. The van der Waals surface area contributed by atoms with E-state index in [2.05, 4.69) is 30.5 Å². The topological polar surface area (TPSA) is 29.3 Å². The van der Waals surface area contributed by atoms with Gasteiger partial charge >= 0.3 is 0 Å². The van der Waals surface area contributed by atoms with Crippen LogP contribution in [0.15, 0.2) is 30.4 Å². The molecule has 1 aromatic carbocycles. The minimum Gasteiger partial charge on any atom is -0.398 e. The quantitative estimate of drug-likeness (QED) is 0.621. The van der Waals surface area contributed by atoms with Crippen LogP contribution in [0.5, 0.6) is 0 Å². The van der Waals surface area contributed by atoms with E-state index in [1.165, 1.54) is 16.7 Å². The third-order valence-electron chi connectivity index (χ3n) is 3.24. The van der Waals surface area contributed by atoms with Crippen molar-refractivity contribution >= 4 is 5.69 Å². The first-order valence-corrected chi connectivity index (χ1v) is 5.90. The molecule has 2 heteroatoms. The molecular formula is C14H20N2. The standard InChI is InChI=1S/C14H20N2/c1-11(2)6-8-16-9-7-12-4-3-5-14(15)13(12)10-16/h3-5H,1,6-10,15H2,2H3. The summed E-state index contributed by atoms with van der Waals surface area (Å²) >= 11 is 0. The van der Waals surface area contributed by atoms with Crippen molar-refractivity contribution in [3.05, 3.63) is 41.5 Å². The Morgan fingerprint density at radius 3 is 3.06 bits per heavy atom. The van der Waals surface area contributed by atoms with Gasteiger partial charge in [-0.2, -0.15) is 0 Å². The van der Waals surface area contributed by atoms with Crippen molar-refractivity contribution in [2.45, 2.75) is 26.3 Å². The van der Waals surface area contributed by atoms with Crippen molar-refractivity contribution in [1.82, 2.24) is 4.90 Å². The average Bonchev–Trinajstić information content (AvgIpc) is 2.27. The number of fused-ring (bicyclic) bond motifs is 1. The zero-order valence-corrected chi connectivity index (χ0v) is 10.00. The highest BCUT2D eigenvalue weighted by molar-refractivity contribution is 5.51. The van der Waals surface area contributed by atoms with E-state index >= 15 is 0 Å². The molecule has 0 radical (unpaired) electrons. The predicted octanol–water partition coefficient (Wildman–Crippen LogP) is 2.59. The van der Waals surface area contributed by atoms with Crippen LogP contribution in [-0.2, 0) is 13.0 Å². The highest BCUT2D eigenvalue weighted by Crippen LogP contribution is 2.24. The first kappa shape index (κ1) is 11.2. The summed E-state index contributed by atoms with van der Waals surface area (Å²) in [5, 5.41) is 0. The Morgan fingerprint density at radius 1 is 1.50 bits per heavy atom. The third-order valence-corrected chi connectivity index (χ3v) is 3.24. The third kappa shape index (κ3) is 2.45. The van der Waals surface area contributed by atoms with Gasteiger partial charge < -0.3 is 5.73 Å². The van der Waals surface area contributed by atoms with E-state index in [1.807, 2.05) is 6.07 Å². The maximum atomic E-state index is 6.02. The van der Waals surface area contributed by atoms with Crippen LogP contribution in [0.4, 0.5) is 5.69 Å². The number of nitrogen functional groups attached to an aromatic ring is 1. The normalized spacial score (nSPS) is 15.8. The van der Waals surface area contributed by atoms with Crippen molar-refractivity contribution in [1.29, 1.82) is 0 Å². The number of hydrogen-bond acceptors (Lipinski definition) is 2.